The molecule has 0 aromatic heterocycles. The molecule has 2 aliphatic rings. The van der Waals surface area contributed by atoms with Gasteiger partial charge in [0.2, 0.25) is 0 Å². The van der Waals surface area contributed by atoms with E-state index >= 15 is 0 Å². The van der Waals surface area contributed by atoms with E-state index in [2.05, 4.69) is 0 Å². The summed E-state index contributed by atoms with van der Waals surface area (Å²) in [5.74, 6) is 0.221. The molecule has 0 aromatic rings. The Balaban J connectivity index is 0.000000720. The van der Waals surface area contributed by atoms with Crippen molar-refractivity contribution in [3.05, 3.63) is 12.3 Å². The van der Waals surface area contributed by atoms with Crippen LogP contribution < -0.4 is 0 Å². The lowest BCUT2D eigenvalue weighted by Crippen LogP contribution is -2.32. The molecule has 0 bridgehead atoms. The van der Waals surface area contributed by atoms with E-state index in [0.717, 1.165) is 12.8 Å². The van der Waals surface area contributed by atoms with Gasteiger partial charge in [-0.3, -0.25) is 4.79 Å². The number of carbonyl (C=O) groups excluding carboxylic acids is 1. The SMILES string of the molecule is C.O=C1C=COC2(CCCC2)C1. The van der Waals surface area contributed by atoms with Crippen LogP contribution in [-0.2, 0) is 9.53 Å². The van der Waals surface area contributed by atoms with Gasteiger partial charge in [-0.2, -0.15) is 0 Å². The molecule has 1 aliphatic carbocycles. The molecule has 0 N–H and O–H groups in total. The Morgan fingerprint density at radius 2 is 2.00 bits per heavy atom. The van der Waals surface area contributed by atoms with Crippen LogP contribution >= 0.6 is 0 Å². The lowest BCUT2D eigenvalue weighted by Gasteiger charge is -2.29. The summed E-state index contributed by atoms with van der Waals surface area (Å²) in [6.45, 7) is 0. The summed E-state index contributed by atoms with van der Waals surface area (Å²) in [6, 6.07) is 0. The molecule has 12 heavy (non-hydrogen) atoms. The molecule has 1 aliphatic heterocycles. The number of allylic oxidation sites excluding steroid dienone is 1. The van der Waals surface area contributed by atoms with Gasteiger partial charge in [0.15, 0.2) is 5.78 Å². The van der Waals surface area contributed by atoms with Crippen molar-refractivity contribution in [1.82, 2.24) is 0 Å². The summed E-state index contributed by atoms with van der Waals surface area (Å²) in [6.07, 6.45) is 8.23. The molecule has 0 saturated heterocycles. The normalized spacial score (nSPS) is 25.2. The van der Waals surface area contributed by atoms with E-state index in [4.69, 9.17) is 4.74 Å². The molecular formula is C10H16O2. The van der Waals surface area contributed by atoms with Crippen LogP contribution in [0.15, 0.2) is 12.3 Å². The minimum Gasteiger partial charge on any atom is -0.494 e. The van der Waals surface area contributed by atoms with Crippen LogP contribution in [-0.4, -0.2) is 11.4 Å². The fourth-order valence-electron chi connectivity index (χ4n) is 1.99. The zero-order chi connectivity index (χ0) is 7.73. The van der Waals surface area contributed by atoms with Crippen molar-refractivity contribution in [2.24, 2.45) is 0 Å². The molecule has 0 radical (unpaired) electrons. The Bertz CT molecular complexity index is 200. The standard InChI is InChI=1S/C9H12O2.CH4/c10-8-3-6-11-9(7-8)4-1-2-5-9;/h3,6H,1-2,4-5,7H2;1H4. The second-order valence-electron chi connectivity index (χ2n) is 3.45. The third-order valence-electron chi connectivity index (χ3n) is 2.58. The van der Waals surface area contributed by atoms with E-state index in [0.29, 0.717) is 6.42 Å². The number of ether oxygens (including phenoxy) is 1. The number of rotatable bonds is 0. The molecule has 0 aromatic carbocycles. The summed E-state index contributed by atoms with van der Waals surface area (Å²) < 4.78 is 5.50. The number of hydrogen-bond acceptors (Lipinski definition) is 2. The first-order chi connectivity index (χ1) is 5.31. The van der Waals surface area contributed by atoms with Crippen molar-refractivity contribution in [2.45, 2.75) is 45.1 Å². The molecule has 2 heteroatoms. The van der Waals surface area contributed by atoms with Gasteiger partial charge in [-0.25, -0.2) is 0 Å². The van der Waals surface area contributed by atoms with Crippen LogP contribution in [0.3, 0.4) is 0 Å². The van der Waals surface area contributed by atoms with Crippen LogP contribution in [0, 0.1) is 0 Å². The molecule has 1 saturated carbocycles. The van der Waals surface area contributed by atoms with Gasteiger partial charge >= 0.3 is 0 Å². The fraction of sp³-hybridized carbons (Fsp3) is 0.700. The van der Waals surface area contributed by atoms with Gasteiger partial charge in [-0.1, -0.05) is 7.43 Å². The monoisotopic (exact) mass is 168 g/mol. The average molecular weight is 168 g/mol. The highest BCUT2D eigenvalue weighted by Gasteiger charge is 2.38. The lowest BCUT2D eigenvalue weighted by molar-refractivity contribution is -0.122. The van der Waals surface area contributed by atoms with Crippen molar-refractivity contribution in [3.63, 3.8) is 0 Å². The Morgan fingerprint density at radius 1 is 1.33 bits per heavy atom. The highest BCUT2D eigenvalue weighted by molar-refractivity contribution is 5.90. The van der Waals surface area contributed by atoms with Gasteiger partial charge in [-0.05, 0) is 25.7 Å². The molecule has 0 amide bonds. The van der Waals surface area contributed by atoms with Crippen LogP contribution in [0.5, 0.6) is 0 Å². The Morgan fingerprint density at radius 3 is 2.58 bits per heavy atom. The summed E-state index contributed by atoms with van der Waals surface area (Å²) in [5.41, 5.74) is -0.0914. The second-order valence-corrected chi connectivity index (χ2v) is 3.45. The van der Waals surface area contributed by atoms with Gasteiger partial charge in [-0.15, -0.1) is 0 Å². The Kier molecular flexibility index (Phi) is 2.55. The highest BCUT2D eigenvalue weighted by Crippen LogP contribution is 2.38. The molecular weight excluding hydrogens is 152 g/mol. The minimum atomic E-state index is -0.0914. The first-order valence-corrected chi connectivity index (χ1v) is 4.18. The van der Waals surface area contributed by atoms with E-state index in [-0.39, 0.29) is 18.8 Å². The third-order valence-corrected chi connectivity index (χ3v) is 2.58. The molecule has 0 unspecified atom stereocenters. The van der Waals surface area contributed by atoms with Crippen molar-refractivity contribution in [1.29, 1.82) is 0 Å². The Labute approximate surface area is 73.6 Å². The largest absolute Gasteiger partial charge is 0.494 e. The van der Waals surface area contributed by atoms with E-state index in [9.17, 15) is 4.79 Å². The molecule has 1 heterocycles. The van der Waals surface area contributed by atoms with Crippen LogP contribution in [0.4, 0.5) is 0 Å². The molecule has 1 fully saturated rings. The van der Waals surface area contributed by atoms with Crippen molar-refractivity contribution < 1.29 is 9.53 Å². The van der Waals surface area contributed by atoms with Crippen molar-refractivity contribution in [2.75, 3.05) is 0 Å². The zero-order valence-corrected chi connectivity index (χ0v) is 6.51. The van der Waals surface area contributed by atoms with Crippen molar-refractivity contribution >= 4 is 5.78 Å². The number of carbonyl (C=O) groups is 1. The van der Waals surface area contributed by atoms with Crippen LogP contribution in [0.25, 0.3) is 0 Å². The number of ketones is 1. The summed E-state index contributed by atoms with van der Waals surface area (Å²) >= 11 is 0. The van der Waals surface area contributed by atoms with E-state index < -0.39 is 0 Å². The molecule has 1 spiro atoms. The average Bonchev–Trinajstić information content (AvgIpc) is 2.37. The van der Waals surface area contributed by atoms with Gasteiger partial charge < -0.3 is 4.74 Å². The van der Waals surface area contributed by atoms with E-state index in [1.54, 1.807) is 6.26 Å². The highest BCUT2D eigenvalue weighted by atomic mass is 16.5. The first kappa shape index (κ1) is 9.30. The van der Waals surface area contributed by atoms with Crippen molar-refractivity contribution in [3.8, 4) is 0 Å². The lowest BCUT2D eigenvalue weighted by atomic mass is 9.93. The predicted octanol–water partition coefficient (Wildman–Crippen LogP) is 2.44. The zero-order valence-electron chi connectivity index (χ0n) is 6.51. The Hall–Kier alpha value is -0.790. The summed E-state index contributed by atoms with van der Waals surface area (Å²) in [7, 11) is 0. The second kappa shape index (κ2) is 3.30. The molecule has 2 nitrogen and oxygen atoms in total. The summed E-state index contributed by atoms with van der Waals surface area (Å²) in [4.78, 5) is 11.1. The first-order valence-electron chi connectivity index (χ1n) is 4.18. The molecule has 0 atom stereocenters. The smallest absolute Gasteiger partial charge is 0.162 e. The van der Waals surface area contributed by atoms with Crippen LogP contribution in [0.1, 0.15) is 39.5 Å². The maximum atomic E-state index is 11.1. The maximum absolute atomic E-state index is 11.1. The summed E-state index contributed by atoms with van der Waals surface area (Å²) in [5, 5.41) is 0. The molecule has 2 rings (SSSR count). The fourth-order valence-corrected chi connectivity index (χ4v) is 1.99. The predicted molar refractivity (Wildman–Crippen MR) is 47.8 cm³/mol. The van der Waals surface area contributed by atoms with Gasteiger partial charge in [0.1, 0.15) is 5.60 Å². The van der Waals surface area contributed by atoms with E-state index in [1.807, 2.05) is 0 Å². The maximum Gasteiger partial charge on any atom is 0.162 e. The van der Waals surface area contributed by atoms with Gasteiger partial charge in [0, 0.05) is 6.08 Å². The molecule has 68 valence electrons. The quantitative estimate of drug-likeness (QED) is 0.555. The van der Waals surface area contributed by atoms with E-state index in [1.165, 1.54) is 18.9 Å². The minimum absolute atomic E-state index is 0. The topological polar surface area (TPSA) is 26.3 Å². The third kappa shape index (κ3) is 1.52. The number of hydrogen-bond donors (Lipinski definition) is 0. The van der Waals surface area contributed by atoms with Crippen LogP contribution in [0.2, 0.25) is 0 Å². The van der Waals surface area contributed by atoms with Gasteiger partial charge in [0.25, 0.3) is 0 Å². The van der Waals surface area contributed by atoms with Gasteiger partial charge in [0.05, 0.1) is 12.7 Å².